The van der Waals surface area contributed by atoms with Gasteiger partial charge in [0.15, 0.2) is 9.84 Å². The SMILES string of the molecule is CCS(=O)(=O)CCN1CC(CC(C)C)NCCC1C. The summed E-state index contributed by atoms with van der Waals surface area (Å²) in [7, 11) is -2.86. The number of nitrogens with zero attached hydrogens (tertiary/aromatic N) is 1. The van der Waals surface area contributed by atoms with E-state index in [4.69, 9.17) is 0 Å². The van der Waals surface area contributed by atoms with Crippen molar-refractivity contribution in [3.63, 3.8) is 0 Å². The van der Waals surface area contributed by atoms with Crippen LogP contribution in [-0.2, 0) is 9.84 Å². The molecule has 0 radical (unpaired) electrons. The highest BCUT2D eigenvalue weighted by atomic mass is 32.2. The van der Waals surface area contributed by atoms with Crippen molar-refractivity contribution in [1.82, 2.24) is 10.2 Å². The Bertz CT molecular complexity index is 354. The standard InChI is InChI=1S/C14H30N2O2S/c1-5-19(17,18)9-8-16-11-14(10-12(2)3)15-7-6-13(16)4/h12-15H,5-11H2,1-4H3. The van der Waals surface area contributed by atoms with E-state index in [0.29, 0.717) is 30.3 Å². The minimum atomic E-state index is -2.86. The van der Waals surface area contributed by atoms with Gasteiger partial charge < -0.3 is 5.32 Å². The largest absolute Gasteiger partial charge is 0.313 e. The highest BCUT2D eigenvalue weighted by molar-refractivity contribution is 7.91. The van der Waals surface area contributed by atoms with Crippen LogP contribution in [0.15, 0.2) is 0 Å². The Morgan fingerprint density at radius 1 is 1.37 bits per heavy atom. The van der Waals surface area contributed by atoms with Crippen molar-refractivity contribution in [2.45, 2.75) is 52.6 Å². The number of hydrogen-bond donors (Lipinski definition) is 1. The Balaban J connectivity index is 2.57. The fourth-order valence-corrected chi connectivity index (χ4v) is 3.45. The molecule has 1 aliphatic heterocycles. The minimum Gasteiger partial charge on any atom is -0.313 e. The van der Waals surface area contributed by atoms with E-state index in [0.717, 1.165) is 25.9 Å². The molecule has 0 saturated carbocycles. The van der Waals surface area contributed by atoms with E-state index in [2.05, 4.69) is 31.0 Å². The Labute approximate surface area is 118 Å². The van der Waals surface area contributed by atoms with Crippen LogP contribution >= 0.6 is 0 Å². The Hall–Kier alpha value is -0.130. The van der Waals surface area contributed by atoms with E-state index in [-0.39, 0.29) is 5.75 Å². The molecule has 1 heterocycles. The van der Waals surface area contributed by atoms with Crippen LogP contribution in [-0.4, -0.2) is 56.5 Å². The highest BCUT2D eigenvalue weighted by Crippen LogP contribution is 2.14. The predicted molar refractivity (Wildman–Crippen MR) is 81.2 cm³/mol. The molecule has 2 atom stereocenters. The summed E-state index contributed by atoms with van der Waals surface area (Å²) in [6, 6.07) is 0.964. The molecule has 1 saturated heterocycles. The second-order valence-corrected chi connectivity index (χ2v) is 8.62. The molecule has 0 spiro atoms. The van der Waals surface area contributed by atoms with Gasteiger partial charge in [-0.3, -0.25) is 4.90 Å². The van der Waals surface area contributed by atoms with Gasteiger partial charge in [0.25, 0.3) is 0 Å². The molecule has 0 bridgehead atoms. The summed E-state index contributed by atoms with van der Waals surface area (Å²) in [4.78, 5) is 2.35. The molecule has 0 amide bonds. The van der Waals surface area contributed by atoms with Crippen molar-refractivity contribution >= 4 is 9.84 Å². The third-order valence-electron chi connectivity index (χ3n) is 3.96. The summed E-state index contributed by atoms with van der Waals surface area (Å²) >= 11 is 0. The summed E-state index contributed by atoms with van der Waals surface area (Å²) in [6.07, 6.45) is 2.25. The van der Waals surface area contributed by atoms with E-state index in [1.165, 1.54) is 0 Å². The van der Waals surface area contributed by atoms with Gasteiger partial charge in [0.1, 0.15) is 0 Å². The van der Waals surface area contributed by atoms with Crippen LogP contribution in [0.4, 0.5) is 0 Å². The first kappa shape index (κ1) is 16.9. The van der Waals surface area contributed by atoms with Crippen LogP contribution in [0.3, 0.4) is 0 Å². The summed E-state index contributed by atoms with van der Waals surface area (Å²) in [5.41, 5.74) is 0. The molecule has 0 aromatic heterocycles. The molecule has 4 nitrogen and oxygen atoms in total. The lowest BCUT2D eigenvalue weighted by molar-refractivity contribution is 0.209. The van der Waals surface area contributed by atoms with E-state index >= 15 is 0 Å². The van der Waals surface area contributed by atoms with Crippen LogP contribution in [0.5, 0.6) is 0 Å². The second-order valence-electron chi connectivity index (χ2n) is 6.15. The number of rotatable bonds is 6. The Morgan fingerprint density at radius 3 is 2.63 bits per heavy atom. The van der Waals surface area contributed by atoms with Crippen molar-refractivity contribution in [2.24, 2.45) is 5.92 Å². The van der Waals surface area contributed by atoms with Gasteiger partial charge in [0.2, 0.25) is 0 Å². The molecule has 1 N–H and O–H groups in total. The molecular weight excluding hydrogens is 260 g/mol. The Morgan fingerprint density at radius 2 is 2.05 bits per heavy atom. The second kappa shape index (κ2) is 7.60. The van der Waals surface area contributed by atoms with E-state index in [9.17, 15) is 8.42 Å². The summed E-state index contributed by atoms with van der Waals surface area (Å²) in [6.45, 7) is 11.1. The first-order chi connectivity index (χ1) is 8.84. The molecule has 114 valence electrons. The van der Waals surface area contributed by atoms with Crippen molar-refractivity contribution in [1.29, 1.82) is 0 Å². The molecule has 0 aromatic rings. The van der Waals surface area contributed by atoms with E-state index in [1.54, 1.807) is 6.92 Å². The van der Waals surface area contributed by atoms with Crippen molar-refractivity contribution in [3.05, 3.63) is 0 Å². The molecule has 1 fully saturated rings. The molecule has 19 heavy (non-hydrogen) atoms. The zero-order valence-electron chi connectivity index (χ0n) is 12.9. The van der Waals surface area contributed by atoms with Crippen molar-refractivity contribution < 1.29 is 8.42 Å². The minimum absolute atomic E-state index is 0.253. The zero-order chi connectivity index (χ0) is 14.5. The van der Waals surface area contributed by atoms with Gasteiger partial charge in [-0.25, -0.2) is 8.42 Å². The van der Waals surface area contributed by atoms with Crippen molar-refractivity contribution in [3.8, 4) is 0 Å². The molecule has 1 rings (SSSR count). The lowest BCUT2D eigenvalue weighted by Gasteiger charge is -2.29. The zero-order valence-corrected chi connectivity index (χ0v) is 13.7. The first-order valence-corrected chi connectivity index (χ1v) is 9.34. The van der Waals surface area contributed by atoms with Crippen molar-refractivity contribution in [2.75, 3.05) is 31.1 Å². The lowest BCUT2D eigenvalue weighted by atomic mass is 10.0. The van der Waals surface area contributed by atoms with Gasteiger partial charge in [-0.15, -0.1) is 0 Å². The average molecular weight is 290 g/mol. The summed E-state index contributed by atoms with van der Waals surface area (Å²) < 4.78 is 23.3. The first-order valence-electron chi connectivity index (χ1n) is 7.52. The fraction of sp³-hybridized carbons (Fsp3) is 1.00. The molecule has 2 unspecified atom stereocenters. The van der Waals surface area contributed by atoms with Crippen LogP contribution in [0.25, 0.3) is 0 Å². The fourth-order valence-electron chi connectivity index (χ4n) is 2.65. The maximum absolute atomic E-state index is 11.7. The van der Waals surface area contributed by atoms with Crippen LogP contribution in [0, 0.1) is 5.92 Å². The topological polar surface area (TPSA) is 49.4 Å². The quantitative estimate of drug-likeness (QED) is 0.806. The average Bonchev–Trinajstić information content (AvgIpc) is 2.49. The van der Waals surface area contributed by atoms with Crippen LogP contribution in [0.2, 0.25) is 0 Å². The van der Waals surface area contributed by atoms with Gasteiger partial charge in [-0.1, -0.05) is 20.8 Å². The molecule has 0 aromatic carbocycles. The van der Waals surface area contributed by atoms with E-state index in [1.807, 2.05) is 0 Å². The smallest absolute Gasteiger partial charge is 0.151 e. The maximum Gasteiger partial charge on any atom is 0.151 e. The normalized spacial score (nSPS) is 26.6. The van der Waals surface area contributed by atoms with Gasteiger partial charge in [0.05, 0.1) is 5.75 Å². The number of nitrogens with one attached hydrogen (secondary N) is 1. The third kappa shape index (κ3) is 6.23. The highest BCUT2D eigenvalue weighted by Gasteiger charge is 2.24. The van der Waals surface area contributed by atoms with Crippen LogP contribution in [0.1, 0.15) is 40.5 Å². The van der Waals surface area contributed by atoms with Crippen LogP contribution < -0.4 is 5.32 Å². The monoisotopic (exact) mass is 290 g/mol. The van der Waals surface area contributed by atoms with Gasteiger partial charge in [-0.05, 0) is 32.2 Å². The Kier molecular flexibility index (Phi) is 6.77. The molecule has 0 aliphatic carbocycles. The maximum atomic E-state index is 11.7. The van der Waals surface area contributed by atoms with E-state index < -0.39 is 9.84 Å². The number of sulfone groups is 1. The lowest BCUT2D eigenvalue weighted by Crippen LogP contribution is -2.42. The van der Waals surface area contributed by atoms with Gasteiger partial charge >= 0.3 is 0 Å². The summed E-state index contributed by atoms with van der Waals surface area (Å²) in [5, 5.41) is 3.59. The molecule has 1 aliphatic rings. The number of hydrogen-bond acceptors (Lipinski definition) is 4. The predicted octanol–water partition coefficient (Wildman–Crippen LogP) is 1.52. The third-order valence-corrected chi connectivity index (χ3v) is 5.64. The van der Waals surface area contributed by atoms with Gasteiger partial charge in [-0.2, -0.15) is 0 Å². The summed E-state index contributed by atoms with van der Waals surface area (Å²) in [5.74, 6) is 1.22. The molecular formula is C14H30N2O2S. The van der Waals surface area contributed by atoms with Gasteiger partial charge in [0, 0.05) is 30.9 Å². The molecule has 5 heteroatoms.